The van der Waals surface area contributed by atoms with Gasteiger partial charge in [0.25, 0.3) is 0 Å². The summed E-state index contributed by atoms with van der Waals surface area (Å²) in [5.41, 5.74) is 0.740. The predicted octanol–water partition coefficient (Wildman–Crippen LogP) is -0.591. The van der Waals surface area contributed by atoms with Crippen LogP contribution in [-0.2, 0) is 9.59 Å². The lowest BCUT2D eigenvalue weighted by Crippen LogP contribution is -2.42. The molecule has 0 bridgehead atoms. The number of carboxylic acids is 1. The van der Waals surface area contributed by atoms with Crippen LogP contribution < -0.4 is 5.32 Å². The van der Waals surface area contributed by atoms with Crippen LogP contribution in [0.3, 0.4) is 0 Å². The first-order valence-corrected chi connectivity index (χ1v) is 5.54. The molecule has 1 rings (SSSR count). The Morgan fingerprint density at radius 2 is 2.24 bits per heavy atom. The first-order chi connectivity index (χ1) is 8.04. The Labute approximate surface area is 98.9 Å². The summed E-state index contributed by atoms with van der Waals surface area (Å²) in [5, 5.41) is 29.4. The molecular weight excluding hydrogens is 226 g/mol. The quantitative estimate of drug-likeness (QED) is 0.466. The molecule has 17 heavy (non-hydrogen) atoms. The molecule has 1 amide bonds. The average Bonchev–Trinajstić information content (AvgIpc) is 2.72. The summed E-state index contributed by atoms with van der Waals surface area (Å²) in [4.78, 5) is 21.8. The zero-order valence-corrected chi connectivity index (χ0v) is 9.43. The Hall–Kier alpha value is -1.40. The number of rotatable bonds is 6. The molecule has 96 valence electrons. The van der Waals surface area contributed by atoms with Crippen molar-refractivity contribution in [3.05, 3.63) is 11.6 Å². The van der Waals surface area contributed by atoms with Gasteiger partial charge in [-0.25, -0.2) is 0 Å². The number of aliphatic carboxylic acids is 1. The fraction of sp³-hybridized carbons (Fsp3) is 0.636. The van der Waals surface area contributed by atoms with Gasteiger partial charge in [0.2, 0.25) is 5.91 Å². The molecule has 0 aromatic heterocycles. The molecule has 0 aromatic rings. The van der Waals surface area contributed by atoms with Gasteiger partial charge in [-0.05, 0) is 24.8 Å². The van der Waals surface area contributed by atoms with E-state index in [-0.39, 0.29) is 25.5 Å². The van der Waals surface area contributed by atoms with E-state index in [4.69, 9.17) is 10.2 Å². The van der Waals surface area contributed by atoms with Gasteiger partial charge in [0.1, 0.15) is 6.10 Å². The number of carbonyl (C=O) groups excluding carboxylic acids is 1. The average molecular weight is 243 g/mol. The summed E-state index contributed by atoms with van der Waals surface area (Å²) in [5.74, 6) is -1.63. The summed E-state index contributed by atoms with van der Waals surface area (Å²) in [6.45, 7) is -0.115. The second-order valence-electron chi connectivity index (χ2n) is 4.02. The van der Waals surface area contributed by atoms with Gasteiger partial charge in [0, 0.05) is 6.42 Å². The van der Waals surface area contributed by atoms with E-state index in [1.165, 1.54) is 0 Å². The highest BCUT2D eigenvalue weighted by Gasteiger charge is 2.24. The van der Waals surface area contributed by atoms with Crippen LogP contribution in [0, 0.1) is 0 Å². The van der Waals surface area contributed by atoms with Gasteiger partial charge in [-0.3, -0.25) is 9.59 Å². The smallest absolute Gasteiger partial charge is 0.303 e. The van der Waals surface area contributed by atoms with Crippen molar-refractivity contribution < 1.29 is 24.9 Å². The third-order valence-corrected chi connectivity index (χ3v) is 2.74. The number of nitrogens with one attached hydrogen (secondary N) is 1. The van der Waals surface area contributed by atoms with Gasteiger partial charge >= 0.3 is 5.97 Å². The van der Waals surface area contributed by atoms with Crippen LogP contribution in [0.1, 0.15) is 25.7 Å². The van der Waals surface area contributed by atoms with Gasteiger partial charge in [-0.2, -0.15) is 0 Å². The van der Waals surface area contributed by atoms with Crippen LogP contribution in [0.5, 0.6) is 0 Å². The highest BCUT2D eigenvalue weighted by molar-refractivity contribution is 5.81. The standard InChI is InChI=1S/C11H17NO5/c13-6-7-2-1-3-8(7)12-11(17)9(14)4-5-10(15)16/h2,8-9,13-14H,1,3-6H2,(H,12,17)(H,15,16). The number of aliphatic hydroxyl groups is 2. The molecule has 0 spiro atoms. The molecule has 1 aliphatic carbocycles. The molecule has 0 heterocycles. The van der Waals surface area contributed by atoms with Crippen LogP contribution in [0.2, 0.25) is 0 Å². The summed E-state index contributed by atoms with van der Waals surface area (Å²) >= 11 is 0. The van der Waals surface area contributed by atoms with Crippen molar-refractivity contribution >= 4 is 11.9 Å². The number of aliphatic hydroxyl groups excluding tert-OH is 2. The van der Waals surface area contributed by atoms with E-state index in [9.17, 15) is 14.7 Å². The Kier molecular flexibility index (Phi) is 5.11. The Balaban J connectivity index is 2.38. The van der Waals surface area contributed by atoms with E-state index in [2.05, 4.69) is 5.32 Å². The van der Waals surface area contributed by atoms with Crippen molar-refractivity contribution in [2.24, 2.45) is 0 Å². The number of allylic oxidation sites excluding steroid dienone is 1. The van der Waals surface area contributed by atoms with Crippen LogP contribution in [-0.4, -0.2) is 45.9 Å². The van der Waals surface area contributed by atoms with Crippen molar-refractivity contribution in [3.63, 3.8) is 0 Å². The highest BCUT2D eigenvalue weighted by atomic mass is 16.4. The maximum atomic E-state index is 11.5. The van der Waals surface area contributed by atoms with E-state index < -0.39 is 18.0 Å². The van der Waals surface area contributed by atoms with Gasteiger partial charge in [0.05, 0.1) is 12.6 Å². The minimum atomic E-state index is -1.31. The SMILES string of the molecule is O=C(O)CCC(O)C(=O)NC1CCC=C1CO. The van der Waals surface area contributed by atoms with Crippen molar-refractivity contribution in [2.45, 2.75) is 37.8 Å². The first-order valence-electron chi connectivity index (χ1n) is 5.54. The molecule has 0 aromatic carbocycles. The van der Waals surface area contributed by atoms with E-state index in [0.29, 0.717) is 6.42 Å². The second kappa shape index (κ2) is 6.36. The summed E-state index contributed by atoms with van der Waals surface area (Å²) in [7, 11) is 0. The molecule has 0 radical (unpaired) electrons. The van der Waals surface area contributed by atoms with Crippen molar-refractivity contribution in [3.8, 4) is 0 Å². The molecule has 0 saturated heterocycles. The number of amides is 1. The van der Waals surface area contributed by atoms with Crippen LogP contribution in [0.4, 0.5) is 0 Å². The number of carbonyl (C=O) groups is 2. The molecule has 0 saturated carbocycles. The summed E-state index contributed by atoms with van der Waals surface area (Å²) in [6, 6.07) is -0.244. The number of hydrogen-bond acceptors (Lipinski definition) is 4. The van der Waals surface area contributed by atoms with Crippen molar-refractivity contribution in [1.29, 1.82) is 0 Å². The molecule has 2 atom stereocenters. The zero-order valence-electron chi connectivity index (χ0n) is 9.43. The second-order valence-corrected chi connectivity index (χ2v) is 4.02. The Morgan fingerprint density at radius 1 is 1.53 bits per heavy atom. The summed E-state index contributed by atoms with van der Waals surface area (Å²) in [6.07, 6.45) is 1.67. The van der Waals surface area contributed by atoms with Crippen molar-refractivity contribution in [2.75, 3.05) is 6.61 Å². The van der Waals surface area contributed by atoms with Crippen LogP contribution in [0.25, 0.3) is 0 Å². The Bertz CT molecular complexity index is 326. The molecule has 6 nitrogen and oxygen atoms in total. The van der Waals surface area contributed by atoms with Crippen LogP contribution in [0.15, 0.2) is 11.6 Å². The lowest BCUT2D eigenvalue weighted by molar-refractivity contribution is -0.138. The van der Waals surface area contributed by atoms with Gasteiger partial charge in [0.15, 0.2) is 0 Å². The Morgan fingerprint density at radius 3 is 2.82 bits per heavy atom. The lowest BCUT2D eigenvalue weighted by Gasteiger charge is -2.18. The monoisotopic (exact) mass is 243 g/mol. The fourth-order valence-electron chi connectivity index (χ4n) is 1.76. The molecule has 6 heteroatoms. The van der Waals surface area contributed by atoms with Gasteiger partial charge in [-0.15, -0.1) is 0 Å². The first kappa shape index (κ1) is 13.7. The maximum Gasteiger partial charge on any atom is 0.303 e. The highest BCUT2D eigenvalue weighted by Crippen LogP contribution is 2.18. The lowest BCUT2D eigenvalue weighted by atomic mass is 10.1. The van der Waals surface area contributed by atoms with E-state index in [1.807, 2.05) is 6.08 Å². The number of hydrogen-bond donors (Lipinski definition) is 4. The molecular formula is C11H17NO5. The van der Waals surface area contributed by atoms with Crippen LogP contribution >= 0.6 is 0 Å². The molecule has 4 N–H and O–H groups in total. The largest absolute Gasteiger partial charge is 0.481 e. The van der Waals surface area contributed by atoms with E-state index in [0.717, 1.165) is 12.0 Å². The predicted molar refractivity (Wildman–Crippen MR) is 59.2 cm³/mol. The molecule has 0 aliphatic heterocycles. The third kappa shape index (κ3) is 4.16. The third-order valence-electron chi connectivity index (χ3n) is 2.74. The summed E-state index contributed by atoms with van der Waals surface area (Å²) < 4.78 is 0. The van der Waals surface area contributed by atoms with Gasteiger partial charge < -0.3 is 20.6 Å². The zero-order chi connectivity index (χ0) is 12.8. The molecule has 2 unspecified atom stereocenters. The molecule has 1 aliphatic rings. The van der Waals surface area contributed by atoms with Gasteiger partial charge in [-0.1, -0.05) is 6.08 Å². The topological polar surface area (TPSA) is 107 Å². The number of carboxylic acid groups (broad SMARTS) is 1. The fourth-order valence-corrected chi connectivity index (χ4v) is 1.76. The van der Waals surface area contributed by atoms with Crippen molar-refractivity contribution in [1.82, 2.24) is 5.32 Å². The molecule has 0 fully saturated rings. The van der Waals surface area contributed by atoms with E-state index in [1.54, 1.807) is 0 Å². The normalized spacial score (nSPS) is 20.8. The minimum absolute atomic E-state index is 0.105. The minimum Gasteiger partial charge on any atom is -0.481 e. The maximum absolute atomic E-state index is 11.5. The van der Waals surface area contributed by atoms with E-state index >= 15 is 0 Å².